The third kappa shape index (κ3) is 6.79. The second-order valence-electron chi connectivity index (χ2n) is 9.49. The lowest BCUT2D eigenvalue weighted by molar-refractivity contribution is -0.143. The van der Waals surface area contributed by atoms with Crippen LogP contribution < -0.4 is 4.74 Å². The first-order valence-corrected chi connectivity index (χ1v) is 12.6. The molecule has 2 heterocycles. The van der Waals surface area contributed by atoms with Crippen LogP contribution in [0.5, 0.6) is 5.75 Å². The van der Waals surface area contributed by atoms with Crippen LogP contribution in [0.1, 0.15) is 57.0 Å². The van der Waals surface area contributed by atoms with E-state index in [1.807, 2.05) is 25.3 Å². The molecule has 0 spiro atoms. The highest BCUT2D eigenvalue weighted by Crippen LogP contribution is 2.34. The van der Waals surface area contributed by atoms with E-state index in [4.69, 9.17) is 4.74 Å². The fourth-order valence-corrected chi connectivity index (χ4v) is 4.97. The third-order valence-electron chi connectivity index (χ3n) is 5.89. The molecule has 1 aliphatic heterocycles. The summed E-state index contributed by atoms with van der Waals surface area (Å²) in [5.41, 5.74) is 1.05. The molecular weight excluding hydrogens is 439 g/mol. The number of thiophene rings is 1. The van der Waals surface area contributed by atoms with Crippen molar-refractivity contribution in [2.24, 2.45) is 11.8 Å². The molecule has 1 aromatic carbocycles. The van der Waals surface area contributed by atoms with Crippen LogP contribution in [0.4, 0.5) is 4.39 Å². The van der Waals surface area contributed by atoms with Gasteiger partial charge < -0.3 is 14.5 Å². The van der Waals surface area contributed by atoms with Gasteiger partial charge in [-0.3, -0.25) is 9.59 Å². The van der Waals surface area contributed by atoms with Crippen molar-refractivity contribution in [1.29, 1.82) is 0 Å². The molecule has 1 aliphatic rings. The molecule has 0 saturated heterocycles. The summed E-state index contributed by atoms with van der Waals surface area (Å²) in [5, 5.41) is 2.02. The van der Waals surface area contributed by atoms with Crippen molar-refractivity contribution in [1.82, 2.24) is 9.80 Å². The molecule has 0 bridgehead atoms. The molecule has 1 atom stereocenters. The molecule has 0 N–H and O–H groups in total. The first-order valence-electron chi connectivity index (χ1n) is 11.8. The third-order valence-corrected chi connectivity index (χ3v) is 6.88. The van der Waals surface area contributed by atoms with Gasteiger partial charge in [0.1, 0.15) is 6.61 Å². The second-order valence-corrected chi connectivity index (χ2v) is 10.5. The lowest BCUT2D eigenvalue weighted by Crippen LogP contribution is -2.48. The fourth-order valence-electron chi connectivity index (χ4n) is 4.04. The van der Waals surface area contributed by atoms with E-state index in [2.05, 4.69) is 13.8 Å². The highest BCUT2D eigenvalue weighted by atomic mass is 32.1. The van der Waals surface area contributed by atoms with E-state index < -0.39 is 5.82 Å². The number of amides is 2. The predicted octanol–water partition coefficient (Wildman–Crippen LogP) is 5.31. The Kier molecular flexibility index (Phi) is 8.89. The monoisotopic (exact) mass is 474 g/mol. The maximum atomic E-state index is 14.1. The molecule has 5 nitrogen and oxygen atoms in total. The molecule has 1 unspecified atom stereocenters. The van der Waals surface area contributed by atoms with E-state index in [1.165, 1.54) is 10.9 Å². The number of carbonyl (C=O) groups is 2. The molecule has 2 aromatic rings. The molecule has 0 aliphatic carbocycles. The molecule has 33 heavy (non-hydrogen) atoms. The SMILES string of the molecule is CC(C)CCN(CC(=O)N1CCc2sccc2C1COc1ccccc1F)C(=O)CC(C)C. The average molecular weight is 475 g/mol. The Balaban J connectivity index is 1.76. The molecule has 2 amide bonds. The number of hydrogen-bond donors (Lipinski definition) is 0. The average Bonchev–Trinajstić information content (AvgIpc) is 3.24. The maximum Gasteiger partial charge on any atom is 0.242 e. The van der Waals surface area contributed by atoms with Crippen LogP contribution in [0.3, 0.4) is 0 Å². The van der Waals surface area contributed by atoms with Crippen LogP contribution in [-0.4, -0.2) is 47.9 Å². The van der Waals surface area contributed by atoms with E-state index in [9.17, 15) is 14.0 Å². The van der Waals surface area contributed by atoms with Gasteiger partial charge in [-0.05, 0) is 53.8 Å². The van der Waals surface area contributed by atoms with Crippen LogP contribution in [0, 0.1) is 17.7 Å². The second kappa shape index (κ2) is 11.6. The largest absolute Gasteiger partial charge is 0.488 e. The number of rotatable bonds is 10. The Morgan fingerprint density at radius 2 is 1.94 bits per heavy atom. The van der Waals surface area contributed by atoms with E-state index in [0.717, 1.165) is 18.4 Å². The van der Waals surface area contributed by atoms with Crippen molar-refractivity contribution in [3.8, 4) is 5.75 Å². The number of carbonyl (C=O) groups excluding carboxylic acids is 2. The van der Waals surface area contributed by atoms with Gasteiger partial charge >= 0.3 is 0 Å². The van der Waals surface area contributed by atoms with Gasteiger partial charge in [0.25, 0.3) is 0 Å². The quantitative estimate of drug-likeness (QED) is 0.469. The zero-order valence-corrected chi connectivity index (χ0v) is 20.9. The van der Waals surface area contributed by atoms with Crippen molar-refractivity contribution >= 4 is 23.2 Å². The maximum absolute atomic E-state index is 14.1. The van der Waals surface area contributed by atoms with Gasteiger partial charge in [0, 0.05) is 24.4 Å². The summed E-state index contributed by atoms with van der Waals surface area (Å²) >= 11 is 1.67. The van der Waals surface area contributed by atoms with Crippen LogP contribution in [0.2, 0.25) is 0 Å². The summed E-state index contributed by atoms with van der Waals surface area (Å²) in [5.74, 6) is 0.370. The number of nitrogens with zero attached hydrogens (tertiary/aromatic N) is 2. The van der Waals surface area contributed by atoms with Crippen LogP contribution in [-0.2, 0) is 16.0 Å². The van der Waals surface area contributed by atoms with E-state index in [-0.39, 0.29) is 42.7 Å². The number of hydrogen-bond acceptors (Lipinski definition) is 4. The lowest BCUT2D eigenvalue weighted by Gasteiger charge is -2.37. The molecule has 3 rings (SSSR count). The zero-order chi connectivity index (χ0) is 24.0. The van der Waals surface area contributed by atoms with Crippen LogP contribution in [0.15, 0.2) is 35.7 Å². The number of halogens is 1. The minimum atomic E-state index is -0.420. The molecule has 0 saturated carbocycles. The Morgan fingerprint density at radius 3 is 2.64 bits per heavy atom. The molecular formula is C26H35FN2O3S. The summed E-state index contributed by atoms with van der Waals surface area (Å²) in [6, 6.07) is 8.02. The molecule has 0 fully saturated rings. The number of ether oxygens (including phenoxy) is 1. The van der Waals surface area contributed by atoms with Gasteiger partial charge in [-0.1, -0.05) is 39.8 Å². The normalized spacial score (nSPS) is 15.6. The van der Waals surface area contributed by atoms with Gasteiger partial charge in [0.15, 0.2) is 11.6 Å². The van der Waals surface area contributed by atoms with Crippen LogP contribution >= 0.6 is 11.3 Å². The summed E-state index contributed by atoms with van der Waals surface area (Å²) < 4.78 is 19.9. The van der Waals surface area contributed by atoms with Crippen LogP contribution in [0.25, 0.3) is 0 Å². The van der Waals surface area contributed by atoms with Crippen molar-refractivity contribution in [2.45, 2.75) is 53.0 Å². The number of fused-ring (bicyclic) bond motifs is 1. The molecule has 180 valence electrons. The molecule has 7 heteroatoms. The highest BCUT2D eigenvalue weighted by Gasteiger charge is 2.33. The Labute approximate surface area is 200 Å². The van der Waals surface area contributed by atoms with Crippen molar-refractivity contribution < 1.29 is 18.7 Å². The number of benzene rings is 1. The summed E-state index contributed by atoms with van der Waals surface area (Å²) in [7, 11) is 0. The highest BCUT2D eigenvalue weighted by molar-refractivity contribution is 7.10. The van der Waals surface area contributed by atoms with E-state index >= 15 is 0 Å². The first kappa shape index (κ1) is 25.2. The summed E-state index contributed by atoms with van der Waals surface area (Å²) in [6.07, 6.45) is 2.06. The standard InChI is InChI=1S/C26H35FN2O3S/c1-18(2)9-12-28(25(30)15-19(3)4)16-26(31)29-13-10-24-20(11-14-33-24)22(29)17-32-23-8-6-5-7-21(23)27/h5-8,11,14,18-19,22H,9-10,12-13,15-17H2,1-4H3. The fraction of sp³-hybridized carbons (Fsp3) is 0.538. The topological polar surface area (TPSA) is 49.9 Å². The number of para-hydroxylation sites is 1. The lowest BCUT2D eigenvalue weighted by atomic mass is 10.00. The van der Waals surface area contributed by atoms with Gasteiger partial charge in [0.05, 0.1) is 12.6 Å². The van der Waals surface area contributed by atoms with E-state index in [1.54, 1.807) is 39.3 Å². The predicted molar refractivity (Wildman–Crippen MR) is 130 cm³/mol. The summed E-state index contributed by atoms with van der Waals surface area (Å²) in [4.78, 5) is 31.1. The van der Waals surface area contributed by atoms with Crippen molar-refractivity contribution in [2.75, 3.05) is 26.2 Å². The smallest absolute Gasteiger partial charge is 0.242 e. The Bertz CT molecular complexity index is 943. The van der Waals surface area contributed by atoms with Gasteiger partial charge in [-0.25, -0.2) is 4.39 Å². The summed E-state index contributed by atoms with van der Waals surface area (Å²) in [6.45, 7) is 9.63. The molecule has 1 aromatic heterocycles. The Morgan fingerprint density at radius 1 is 1.18 bits per heavy atom. The first-order chi connectivity index (χ1) is 15.8. The molecule has 0 radical (unpaired) electrons. The Hall–Kier alpha value is -2.41. The minimum absolute atomic E-state index is 0.0198. The van der Waals surface area contributed by atoms with Gasteiger partial charge in [-0.2, -0.15) is 0 Å². The van der Waals surface area contributed by atoms with Gasteiger partial charge in [-0.15, -0.1) is 11.3 Å². The van der Waals surface area contributed by atoms with Gasteiger partial charge in [0.2, 0.25) is 11.8 Å². The van der Waals surface area contributed by atoms with Crippen molar-refractivity contribution in [3.05, 3.63) is 52.0 Å². The minimum Gasteiger partial charge on any atom is -0.488 e. The van der Waals surface area contributed by atoms with E-state index in [0.29, 0.717) is 25.4 Å². The van der Waals surface area contributed by atoms with Crippen molar-refractivity contribution in [3.63, 3.8) is 0 Å². The zero-order valence-electron chi connectivity index (χ0n) is 20.1.